The topological polar surface area (TPSA) is 40.5 Å². The fraction of sp³-hybridized carbons (Fsp3) is 0.611. The van der Waals surface area contributed by atoms with E-state index < -0.39 is 0 Å². The van der Waals surface area contributed by atoms with Gasteiger partial charge in [0.15, 0.2) is 0 Å². The number of benzene rings is 1. The molecule has 3 nitrogen and oxygen atoms in total. The van der Waals surface area contributed by atoms with Gasteiger partial charge in [-0.25, -0.2) is 0 Å². The van der Waals surface area contributed by atoms with Crippen LogP contribution in [0, 0.1) is 34.6 Å². The van der Waals surface area contributed by atoms with E-state index in [0.29, 0.717) is 0 Å². The van der Waals surface area contributed by atoms with E-state index in [2.05, 4.69) is 20.8 Å². The Bertz CT molecular complexity index is 491. The molecule has 0 saturated carbocycles. The first-order valence-electron chi connectivity index (χ1n) is 7.76. The molecule has 1 N–H and O–H groups in total. The molecule has 3 heteroatoms. The van der Waals surface area contributed by atoms with Crippen molar-refractivity contribution in [3.05, 3.63) is 33.4 Å². The maximum Gasteiger partial charge on any atom is 0.254 e. The second-order valence-corrected chi connectivity index (χ2v) is 6.01. The summed E-state index contributed by atoms with van der Waals surface area (Å²) < 4.78 is 0. The molecule has 1 aromatic rings. The van der Waals surface area contributed by atoms with E-state index >= 15 is 0 Å². The first-order valence-corrected chi connectivity index (χ1v) is 7.76. The summed E-state index contributed by atoms with van der Waals surface area (Å²) in [5.74, 6) is 0.111. The Labute approximate surface area is 129 Å². The highest BCUT2D eigenvalue weighted by molar-refractivity contribution is 5.97. The molecule has 0 bridgehead atoms. The van der Waals surface area contributed by atoms with Crippen LogP contribution in [-0.4, -0.2) is 36.1 Å². The molecule has 0 aromatic heterocycles. The van der Waals surface area contributed by atoms with Crippen molar-refractivity contribution in [1.29, 1.82) is 0 Å². The highest BCUT2D eigenvalue weighted by atomic mass is 16.2. The number of carbonyl (C=O) groups excluding carboxylic acids is 1. The quantitative estimate of drug-likeness (QED) is 0.815. The maximum absolute atomic E-state index is 12.7. The molecule has 21 heavy (non-hydrogen) atoms. The number of aliphatic hydroxyl groups is 1. The lowest BCUT2D eigenvalue weighted by atomic mass is 9.89. The van der Waals surface area contributed by atoms with Gasteiger partial charge in [0.25, 0.3) is 5.91 Å². The van der Waals surface area contributed by atoms with Gasteiger partial charge in [0, 0.05) is 25.8 Å². The third kappa shape index (κ3) is 3.85. The molecule has 1 aromatic carbocycles. The van der Waals surface area contributed by atoms with Crippen molar-refractivity contribution in [2.24, 2.45) is 0 Å². The summed E-state index contributed by atoms with van der Waals surface area (Å²) in [6.07, 6.45) is 2.70. The average Bonchev–Trinajstić information content (AvgIpc) is 2.47. The summed E-state index contributed by atoms with van der Waals surface area (Å²) in [4.78, 5) is 14.5. The predicted molar refractivity (Wildman–Crippen MR) is 88.0 cm³/mol. The van der Waals surface area contributed by atoms with Gasteiger partial charge in [0.1, 0.15) is 0 Å². The van der Waals surface area contributed by atoms with E-state index in [9.17, 15) is 4.79 Å². The number of nitrogens with zero attached hydrogens (tertiary/aromatic N) is 1. The largest absolute Gasteiger partial charge is 0.396 e. The van der Waals surface area contributed by atoms with Gasteiger partial charge in [0.05, 0.1) is 0 Å². The van der Waals surface area contributed by atoms with Crippen LogP contribution in [0.3, 0.4) is 0 Å². The number of hydrogen-bond donors (Lipinski definition) is 1. The lowest BCUT2D eigenvalue weighted by Gasteiger charge is -2.23. The molecule has 0 aliphatic heterocycles. The molecule has 118 valence electrons. The van der Waals surface area contributed by atoms with Gasteiger partial charge in [-0.05, 0) is 81.7 Å². The van der Waals surface area contributed by atoms with Crippen molar-refractivity contribution >= 4 is 5.91 Å². The van der Waals surface area contributed by atoms with Crippen molar-refractivity contribution in [1.82, 2.24) is 4.90 Å². The van der Waals surface area contributed by atoms with Crippen molar-refractivity contribution in [2.45, 2.75) is 53.9 Å². The molecule has 0 aliphatic carbocycles. The Morgan fingerprint density at radius 3 is 1.81 bits per heavy atom. The molecule has 1 rings (SSSR count). The molecule has 0 aliphatic rings. The van der Waals surface area contributed by atoms with Crippen molar-refractivity contribution in [2.75, 3.05) is 20.2 Å². The summed E-state index contributed by atoms with van der Waals surface area (Å²) in [5, 5.41) is 8.80. The van der Waals surface area contributed by atoms with Gasteiger partial charge in [-0.15, -0.1) is 0 Å². The second kappa shape index (κ2) is 7.60. The molecule has 0 radical (unpaired) electrons. The molecule has 0 fully saturated rings. The third-order valence-electron chi connectivity index (χ3n) is 4.71. The Hall–Kier alpha value is -1.35. The van der Waals surface area contributed by atoms with Crippen LogP contribution in [0.4, 0.5) is 0 Å². The van der Waals surface area contributed by atoms with E-state index in [1.54, 1.807) is 4.90 Å². The standard InChI is InChI=1S/C18H29NO2/c1-12-13(2)15(4)17(16(5)14(12)3)18(21)19(6)10-8-7-9-11-20/h20H,7-11H2,1-6H3. The molecule has 0 spiro atoms. The monoisotopic (exact) mass is 291 g/mol. The van der Waals surface area contributed by atoms with Crippen LogP contribution >= 0.6 is 0 Å². The molecule has 0 saturated heterocycles. The SMILES string of the molecule is Cc1c(C)c(C)c(C(=O)N(C)CCCCCO)c(C)c1C. The van der Waals surface area contributed by atoms with Crippen molar-refractivity contribution in [3.8, 4) is 0 Å². The van der Waals surface area contributed by atoms with Crippen LogP contribution < -0.4 is 0 Å². The number of rotatable bonds is 6. The highest BCUT2D eigenvalue weighted by Crippen LogP contribution is 2.26. The molecule has 1 amide bonds. The van der Waals surface area contributed by atoms with E-state index in [-0.39, 0.29) is 12.5 Å². The smallest absolute Gasteiger partial charge is 0.254 e. The minimum atomic E-state index is 0.111. The summed E-state index contributed by atoms with van der Waals surface area (Å²) in [7, 11) is 1.87. The first-order chi connectivity index (χ1) is 9.82. The first kappa shape index (κ1) is 17.7. The van der Waals surface area contributed by atoms with Gasteiger partial charge < -0.3 is 10.0 Å². The fourth-order valence-electron chi connectivity index (χ4n) is 2.75. The predicted octanol–water partition coefficient (Wildman–Crippen LogP) is 3.46. The van der Waals surface area contributed by atoms with E-state index in [0.717, 1.165) is 42.5 Å². The normalized spacial score (nSPS) is 10.8. The van der Waals surface area contributed by atoms with Crippen LogP contribution in [0.15, 0.2) is 0 Å². The van der Waals surface area contributed by atoms with Crippen LogP contribution in [0.2, 0.25) is 0 Å². The average molecular weight is 291 g/mol. The number of aliphatic hydroxyl groups excluding tert-OH is 1. The molecular weight excluding hydrogens is 262 g/mol. The Balaban J connectivity index is 2.97. The van der Waals surface area contributed by atoms with E-state index in [4.69, 9.17) is 5.11 Å². The zero-order valence-electron chi connectivity index (χ0n) is 14.3. The second-order valence-electron chi connectivity index (χ2n) is 6.01. The summed E-state index contributed by atoms with van der Waals surface area (Å²) in [6.45, 7) is 11.4. The van der Waals surface area contributed by atoms with Crippen molar-refractivity contribution < 1.29 is 9.90 Å². The molecule has 0 unspecified atom stereocenters. The maximum atomic E-state index is 12.7. The lowest BCUT2D eigenvalue weighted by molar-refractivity contribution is 0.0790. The number of amides is 1. The number of unbranched alkanes of at least 4 members (excludes halogenated alkanes) is 2. The highest BCUT2D eigenvalue weighted by Gasteiger charge is 2.20. The summed E-state index contributed by atoms with van der Waals surface area (Å²) in [6, 6.07) is 0. The zero-order chi connectivity index (χ0) is 16.2. The van der Waals surface area contributed by atoms with Crippen LogP contribution in [0.1, 0.15) is 57.4 Å². The van der Waals surface area contributed by atoms with Crippen LogP contribution in [-0.2, 0) is 0 Å². The van der Waals surface area contributed by atoms with Crippen LogP contribution in [0.5, 0.6) is 0 Å². The zero-order valence-corrected chi connectivity index (χ0v) is 14.3. The summed E-state index contributed by atoms with van der Waals surface area (Å²) >= 11 is 0. The van der Waals surface area contributed by atoms with E-state index in [1.807, 2.05) is 20.9 Å². The molecule has 0 atom stereocenters. The van der Waals surface area contributed by atoms with Crippen LogP contribution in [0.25, 0.3) is 0 Å². The number of hydrogen-bond acceptors (Lipinski definition) is 2. The number of carbonyl (C=O) groups is 1. The van der Waals surface area contributed by atoms with Crippen molar-refractivity contribution in [3.63, 3.8) is 0 Å². The van der Waals surface area contributed by atoms with Gasteiger partial charge in [-0.1, -0.05) is 0 Å². The van der Waals surface area contributed by atoms with Gasteiger partial charge >= 0.3 is 0 Å². The minimum absolute atomic E-state index is 0.111. The Morgan fingerprint density at radius 1 is 0.857 bits per heavy atom. The van der Waals surface area contributed by atoms with E-state index in [1.165, 1.54) is 16.7 Å². The minimum Gasteiger partial charge on any atom is -0.396 e. The molecular formula is C18H29NO2. The molecule has 0 heterocycles. The van der Waals surface area contributed by atoms with Gasteiger partial charge in [-0.3, -0.25) is 4.79 Å². The fourth-order valence-corrected chi connectivity index (χ4v) is 2.75. The van der Waals surface area contributed by atoms with Gasteiger partial charge in [-0.2, -0.15) is 0 Å². The Morgan fingerprint density at radius 2 is 1.33 bits per heavy atom. The Kier molecular flexibility index (Phi) is 6.41. The third-order valence-corrected chi connectivity index (χ3v) is 4.71. The summed E-state index contributed by atoms with van der Waals surface area (Å²) in [5.41, 5.74) is 6.78. The van der Waals surface area contributed by atoms with Gasteiger partial charge in [0.2, 0.25) is 0 Å². The lowest BCUT2D eigenvalue weighted by Crippen LogP contribution is -2.29.